The topological polar surface area (TPSA) is 153 Å². The van der Waals surface area contributed by atoms with Gasteiger partial charge in [0.25, 0.3) is 0 Å². The van der Waals surface area contributed by atoms with Crippen LogP contribution in [0.2, 0.25) is 0 Å². The highest BCUT2D eigenvalue weighted by Gasteiger charge is 2.36. The van der Waals surface area contributed by atoms with Crippen molar-refractivity contribution in [1.29, 1.82) is 0 Å². The van der Waals surface area contributed by atoms with Crippen LogP contribution < -0.4 is 11.1 Å². The molecule has 0 saturated heterocycles. The smallest absolute Gasteiger partial charge is 0.411 e. The van der Waals surface area contributed by atoms with E-state index in [1.807, 2.05) is 69.5 Å². The second-order valence-electron chi connectivity index (χ2n) is 17.2. The number of benzene rings is 4. The Kier molecular flexibility index (Phi) is 16.0. The second kappa shape index (κ2) is 21.1. The number of nitrogens with one attached hydrogen (secondary N) is 1. The van der Waals surface area contributed by atoms with Crippen molar-refractivity contribution in [2.75, 3.05) is 39.3 Å². The fourth-order valence-electron chi connectivity index (χ4n) is 7.63. The first-order chi connectivity index (χ1) is 28.6. The van der Waals surface area contributed by atoms with Gasteiger partial charge in [0.15, 0.2) is 0 Å². The van der Waals surface area contributed by atoms with Crippen LogP contribution in [-0.4, -0.2) is 83.6 Å². The van der Waals surface area contributed by atoms with E-state index in [4.69, 9.17) is 15.2 Å². The number of rotatable bonds is 3. The highest BCUT2D eigenvalue weighted by Crippen LogP contribution is 2.32. The lowest BCUT2D eigenvalue weighted by atomic mass is 9.93. The molecule has 12 nitrogen and oxygen atoms in total. The molecule has 0 fully saturated rings. The van der Waals surface area contributed by atoms with Crippen LogP contribution in [0.5, 0.6) is 0 Å². The minimum atomic E-state index is -0.618. The number of fused-ring (bicyclic) bond motifs is 4. The second-order valence-corrected chi connectivity index (χ2v) is 17.2. The molecule has 2 atom stereocenters. The number of amides is 2. The molecule has 4 aromatic carbocycles. The number of nitrogens with two attached hydrogens (primary N) is 1. The Morgan fingerprint density at radius 3 is 1.70 bits per heavy atom. The van der Waals surface area contributed by atoms with E-state index in [1.165, 1.54) is 39.1 Å². The predicted octanol–water partition coefficient (Wildman–Crippen LogP) is 8.27. The largest absolute Gasteiger partial charge is 0.444 e. The van der Waals surface area contributed by atoms with E-state index in [9.17, 15) is 19.7 Å². The summed E-state index contributed by atoms with van der Waals surface area (Å²) in [5.74, 6) is 0. The molecular weight excluding hydrogens is 757 g/mol. The summed E-state index contributed by atoms with van der Waals surface area (Å²) in [6, 6.07) is 32.1. The Hall–Kier alpha value is -5.59. The molecule has 320 valence electrons. The monoisotopic (exact) mass is 818 g/mol. The van der Waals surface area contributed by atoms with Crippen LogP contribution in [0, 0.1) is 10.1 Å². The first-order valence-electron chi connectivity index (χ1n) is 21.0. The van der Waals surface area contributed by atoms with E-state index in [0.29, 0.717) is 26.1 Å². The van der Waals surface area contributed by atoms with Crippen LogP contribution in [0.1, 0.15) is 98.1 Å². The molecule has 0 radical (unpaired) electrons. The molecule has 0 bridgehead atoms. The van der Waals surface area contributed by atoms with E-state index >= 15 is 0 Å². The lowest BCUT2D eigenvalue weighted by Gasteiger charge is -2.37. The average molecular weight is 819 g/mol. The van der Waals surface area contributed by atoms with Crippen LogP contribution >= 0.6 is 0 Å². The Bertz CT molecular complexity index is 2060. The lowest BCUT2D eigenvalue weighted by molar-refractivity contribution is -0.487. The predicted molar refractivity (Wildman–Crippen MR) is 237 cm³/mol. The van der Waals surface area contributed by atoms with Crippen molar-refractivity contribution in [3.05, 3.63) is 152 Å². The van der Waals surface area contributed by atoms with Crippen LogP contribution in [0.3, 0.4) is 0 Å². The standard InChI is InChI=1S/C15H20N2O4.C15H22N2O2.C9H11N.C9H9N/c1-15(2,3)21-14(18)16-9-8-11-6-4-5-7-12(11)13(16)10-17(19)20;1-15(2,3)19-14(18)17-9-8-11-6-4-5-7-12(11)13(17)10-16;2*1-2-4-9-7-10-6-5-8(9)3-1/h4-7,13H,8-10H2,1-3H3;4-7,13H,8-10,16H2,1-3H3;1-4,10H,5-7H2;1-4,7H,5-6H2. The number of nitrogens with zero attached hydrogens (tertiary/aromatic N) is 4. The normalized spacial score (nSPS) is 17.5. The van der Waals surface area contributed by atoms with Crippen LogP contribution in [-0.2, 0) is 41.7 Å². The molecule has 2 unspecified atom stereocenters. The highest BCUT2D eigenvalue weighted by molar-refractivity contribution is 5.82. The summed E-state index contributed by atoms with van der Waals surface area (Å²) in [4.78, 5) is 42.5. The maximum Gasteiger partial charge on any atom is 0.411 e. The van der Waals surface area contributed by atoms with Crippen LogP contribution in [0.4, 0.5) is 9.59 Å². The number of carbonyl (C=O) groups excluding carboxylic acids is 2. The Labute approximate surface area is 355 Å². The van der Waals surface area contributed by atoms with E-state index in [1.54, 1.807) is 25.7 Å². The summed E-state index contributed by atoms with van der Waals surface area (Å²) in [5.41, 5.74) is 14.8. The summed E-state index contributed by atoms with van der Waals surface area (Å²) >= 11 is 0. The molecule has 12 heteroatoms. The summed E-state index contributed by atoms with van der Waals surface area (Å²) < 4.78 is 10.8. The maximum absolute atomic E-state index is 12.3. The van der Waals surface area contributed by atoms with Gasteiger partial charge in [-0.15, -0.1) is 0 Å². The van der Waals surface area contributed by atoms with Gasteiger partial charge in [-0.3, -0.25) is 24.9 Å². The van der Waals surface area contributed by atoms with Crippen molar-refractivity contribution in [2.45, 2.75) is 97.1 Å². The Balaban J connectivity index is 0.000000159. The van der Waals surface area contributed by atoms with Crippen molar-refractivity contribution in [1.82, 2.24) is 15.1 Å². The molecular formula is C48H62N6O6. The highest BCUT2D eigenvalue weighted by atomic mass is 16.6. The summed E-state index contributed by atoms with van der Waals surface area (Å²) in [7, 11) is 0. The van der Waals surface area contributed by atoms with Gasteiger partial charge in [0, 0.05) is 43.9 Å². The van der Waals surface area contributed by atoms with E-state index in [-0.39, 0.29) is 23.6 Å². The first kappa shape index (κ1) is 45.5. The fraction of sp³-hybridized carbons (Fsp3) is 0.438. The van der Waals surface area contributed by atoms with E-state index in [2.05, 4.69) is 64.9 Å². The molecule has 3 N–H and O–H groups in total. The fourth-order valence-corrected chi connectivity index (χ4v) is 7.63. The molecule has 4 aromatic rings. The summed E-state index contributed by atoms with van der Waals surface area (Å²) in [6.45, 7) is 15.3. The summed E-state index contributed by atoms with van der Waals surface area (Å²) in [5, 5.41) is 14.3. The minimum absolute atomic E-state index is 0.0835. The van der Waals surface area contributed by atoms with Gasteiger partial charge in [-0.25, -0.2) is 9.59 Å². The van der Waals surface area contributed by atoms with Gasteiger partial charge in [-0.2, -0.15) is 0 Å². The molecule has 4 aliphatic heterocycles. The molecule has 2 amide bonds. The molecule has 60 heavy (non-hydrogen) atoms. The number of aliphatic imine (C=N–C) groups is 1. The van der Waals surface area contributed by atoms with Gasteiger partial charge in [-0.1, -0.05) is 97.1 Å². The average Bonchev–Trinajstić information content (AvgIpc) is 3.22. The Morgan fingerprint density at radius 1 is 0.700 bits per heavy atom. The van der Waals surface area contributed by atoms with E-state index < -0.39 is 23.3 Å². The van der Waals surface area contributed by atoms with Gasteiger partial charge in [0.2, 0.25) is 6.54 Å². The molecule has 8 rings (SSSR count). The third-order valence-electron chi connectivity index (χ3n) is 10.4. The molecule has 0 saturated carbocycles. The SMILES string of the molecule is C1=NCCc2ccccc21.CC(C)(C)OC(=O)N1CCc2ccccc2C1CN.CC(C)(C)OC(=O)N1CCc2ccccc2C1C[N+](=O)[O-].c1ccc2c(c1)CCNC2. The molecule has 0 spiro atoms. The van der Waals surface area contributed by atoms with Crippen LogP contribution in [0.15, 0.2) is 102 Å². The number of ether oxygens (including phenoxy) is 2. The molecule has 0 aromatic heterocycles. The van der Waals surface area contributed by atoms with Gasteiger partial charge >= 0.3 is 12.2 Å². The zero-order valence-corrected chi connectivity index (χ0v) is 36.1. The molecule has 0 aliphatic carbocycles. The van der Waals surface area contributed by atoms with Crippen molar-refractivity contribution in [3.63, 3.8) is 0 Å². The van der Waals surface area contributed by atoms with Gasteiger partial charge in [-0.05, 0) is 118 Å². The minimum Gasteiger partial charge on any atom is -0.444 e. The van der Waals surface area contributed by atoms with Crippen molar-refractivity contribution in [2.24, 2.45) is 10.7 Å². The quantitative estimate of drug-likeness (QED) is 0.155. The first-order valence-corrected chi connectivity index (χ1v) is 21.0. The third-order valence-corrected chi connectivity index (χ3v) is 10.4. The Morgan fingerprint density at radius 2 is 1.18 bits per heavy atom. The number of hydrogen-bond acceptors (Lipinski definition) is 9. The molecule has 4 aliphatic rings. The van der Waals surface area contributed by atoms with Crippen LogP contribution in [0.25, 0.3) is 0 Å². The van der Waals surface area contributed by atoms with Crippen molar-refractivity contribution < 1.29 is 24.0 Å². The zero-order chi connectivity index (χ0) is 43.3. The third kappa shape index (κ3) is 13.2. The van der Waals surface area contributed by atoms with Gasteiger partial charge in [0.1, 0.15) is 17.2 Å². The van der Waals surface area contributed by atoms with Gasteiger partial charge < -0.3 is 20.5 Å². The van der Waals surface area contributed by atoms with Crippen molar-refractivity contribution in [3.8, 4) is 0 Å². The number of carbonyl (C=O) groups is 2. The number of nitro groups is 1. The van der Waals surface area contributed by atoms with Gasteiger partial charge in [0.05, 0.1) is 6.04 Å². The van der Waals surface area contributed by atoms with E-state index in [0.717, 1.165) is 49.2 Å². The molecule has 4 heterocycles. The number of hydrogen-bond donors (Lipinski definition) is 2. The van der Waals surface area contributed by atoms with Crippen molar-refractivity contribution >= 4 is 18.4 Å². The zero-order valence-electron chi connectivity index (χ0n) is 36.1. The maximum atomic E-state index is 12.3. The summed E-state index contributed by atoms with van der Waals surface area (Å²) in [6.07, 6.45) is 5.01. The lowest BCUT2D eigenvalue weighted by Crippen LogP contribution is -2.45.